The Kier molecular flexibility index (Phi) is 5.20. The molecule has 1 aliphatic rings. The van der Waals surface area contributed by atoms with Crippen LogP contribution in [0.25, 0.3) is 0 Å². The highest BCUT2D eigenvalue weighted by molar-refractivity contribution is 5.84. The molecule has 5 heteroatoms. The van der Waals surface area contributed by atoms with Crippen molar-refractivity contribution in [1.82, 2.24) is 4.90 Å². The van der Waals surface area contributed by atoms with Crippen LogP contribution in [-0.4, -0.2) is 41.6 Å². The summed E-state index contributed by atoms with van der Waals surface area (Å²) in [6.07, 6.45) is 3.28. The number of carboxylic acid groups (broad SMARTS) is 1. The van der Waals surface area contributed by atoms with Crippen molar-refractivity contribution < 1.29 is 19.4 Å². The highest BCUT2D eigenvalue weighted by atomic mass is 16.5. The third kappa shape index (κ3) is 3.97. The lowest BCUT2D eigenvalue weighted by atomic mass is 10.1. The minimum absolute atomic E-state index is 0.0478. The van der Waals surface area contributed by atoms with Crippen LogP contribution in [-0.2, 0) is 16.0 Å². The molecule has 2 rings (SSSR count). The van der Waals surface area contributed by atoms with Crippen LogP contribution in [0, 0.1) is 0 Å². The van der Waals surface area contributed by atoms with Crippen molar-refractivity contribution in [3.05, 3.63) is 29.8 Å². The summed E-state index contributed by atoms with van der Waals surface area (Å²) in [6, 6.07) is 7.15. The monoisotopic (exact) mass is 291 g/mol. The van der Waals surface area contributed by atoms with Gasteiger partial charge in [-0.1, -0.05) is 12.1 Å². The van der Waals surface area contributed by atoms with E-state index in [0.29, 0.717) is 19.4 Å². The number of rotatable bonds is 6. The molecule has 1 saturated heterocycles. The summed E-state index contributed by atoms with van der Waals surface area (Å²) in [5.74, 6) is -0.124. The van der Waals surface area contributed by atoms with Crippen molar-refractivity contribution in [2.75, 3.05) is 13.7 Å². The van der Waals surface area contributed by atoms with Crippen LogP contribution in [0.5, 0.6) is 5.75 Å². The minimum Gasteiger partial charge on any atom is -0.497 e. The molecule has 0 saturated carbocycles. The zero-order valence-corrected chi connectivity index (χ0v) is 12.2. The van der Waals surface area contributed by atoms with E-state index >= 15 is 0 Å². The maximum atomic E-state index is 12.1. The molecule has 1 heterocycles. The van der Waals surface area contributed by atoms with Gasteiger partial charge < -0.3 is 14.7 Å². The molecule has 1 atom stereocenters. The molecular weight excluding hydrogens is 270 g/mol. The number of amides is 1. The van der Waals surface area contributed by atoms with Crippen LogP contribution in [0.15, 0.2) is 24.3 Å². The van der Waals surface area contributed by atoms with E-state index in [9.17, 15) is 9.59 Å². The van der Waals surface area contributed by atoms with E-state index in [1.165, 1.54) is 4.90 Å². The van der Waals surface area contributed by atoms with Crippen LogP contribution in [0.1, 0.15) is 31.2 Å². The van der Waals surface area contributed by atoms with Crippen LogP contribution in [0.4, 0.5) is 0 Å². The van der Waals surface area contributed by atoms with Gasteiger partial charge in [-0.25, -0.2) is 4.79 Å². The number of ether oxygens (including phenoxy) is 1. The van der Waals surface area contributed by atoms with E-state index < -0.39 is 12.0 Å². The highest BCUT2D eigenvalue weighted by Crippen LogP contribution is 2.19. The van der Waals surface area contributed by atoms with Gasteiger partial charge in [0.05, 0.1) is 7.11 Å². The first-order valence-electron chi connectivity index (χ1n) is 7.27. The van der Waals surface area contributed by atoms with Crippen molar-refractivity contribution in [3.8, 4) is 5.75 Å². The summed E-state index contributed by atoms with van der Waals surface area (Å²) < 4.78 is 5.10. The first kappa shape index (κ1) is 15.4. The van der Waals surface area contributed by atoms with Crippen LogP contribution >= 0.6 is 0 Å². The summed E-state index contributed by atoms with van der Waals surface area (Å²) in [6.45, 7) is 0.568. The molecule has 0 bridgehead atoms. The summed E-state index contributed by atoms with van der Waals surface area (Å²) in [5, 5.41) is 9.08. The fourth-order valence-electron chi connectivity index (χ4n) is 2.70. The molecule has 0 radical (unpaired) electrons. The lowest BCUT2D eigenvalue weighted by Gasteiger charge is -2.21. The Morgan fingerprint density at radius 3 is 2.67 bits per heavy atom. The van der Waals surface area contributed by atoms with Crippen LogP contribution < -0.4 is 4.74 Å². The number of carboxylic acids is 1. The fraction of sp³-hybridized carbons (Fsp3) is 0.500. The minimum atomic E-state index is -0.893. The number of methoxy groups -OCH3 is 1. The molecule has 1 amide bonds. The molecule has 1 aromatic carbocycles. The zero-order chi connectivity index (χ0) is 15.2. The van der Waals surface area contributed by atoms with Gasteiger partial charge in [-0.05, 0) is 43.4 Å². The smallest absolute Gasteiger partial charge is 0.326 e. The highest BCUT2D eigenvalue weighted by Gasteiger charge is 2.33. The first-order chi connectivity index (χ1) is 10.1. The summed E-state index contributed by atoms with van der Waals surface area (Å²) in [4.78, 5) is 24.7. The van der Waals surface area contributed by atoms with E-state index in [1.54, 1.807) is 7.11 Å². The molecule has 0 aromatic heterocycles. The van der Waals surface area contributed by atoms with E-state index in [-0.39, 0.29) is 5.91 Å². The molecule has 1 N–H and O–H groups in total. The Morgan fingerprint density at radius 1 is 1.33 bits per heavy atom. The fourth-order valence-corrected chi connectivity index (χ4v) is 2.70. The molecule has 1 fully saturated rings. The maximum Gasteiger partial charge on any atom is 0.326 e. The third-order valence-corrected chi connectivity index (χ3v) is 3.87. The van der Waals surface area contributed by atoms with Crippen molar-refractivity contribution in [2.45, 2.75) is 38.1 Å². The number of hydrogen-bond donors (Lipinski definition) is 1. The molecule has 1 aromatic rings. The molecule has 1 aliphatic heterocycles. The van der Waals surface area contributed by atoms with Crippen molar-refractivity contribution >= 4 is 11.9 Å². The number of aryl methyl sites for hydroxylation is 1. The second kappa shape index (κ2) is 7.11. The zero-order valence-electron chi connectivity index (χ0n) is 12.2. The van der Waals surface area contributed by atoms with Crippen molar-refractivity contribution in [2.24, 2.45) is 0 Å². The van der Waals surface area contributed by atoms with Gasteiger partial charge in [-0.3, -0.25) is 4.79 Å². The Balaban J connectivity index is 1.79. The predicted molar refractivity (Wildman–Crippen MR) is 78.3 cm³/mol. The van der Waals surface area contributed by atoms with E-state index in [4.69, 9.17) is 9.84 Å². The number of benzene rings is 1. The molecule has 5 nitrogen and oxygen atoms in total. The number of nitrogens with zero attached hydrogens (tertiary/aromatic N) is 1. The Labute approximate surface area is 124 Å². The number of aliphatic carboxylic acids is 1. The topological polar surface area (TPSA) is 66.8 Å². The van der Waals surface area contributed by atoms with Gasteiger partial charge in [0.1, 0.15) is 11.8 Å². The SMILES string of the molecule is COc1ccc(CCCC(=O)N2CCCC2C(=O)O)cc1. The first-order valence-corrected chi connectivity index (χ1v) is 7.27. The lowest BCUT2D eigenvalue weighted by Crippen LogP contribution is -2.40. The van der Waals surface area contributed by atoms with Crippen molar-refractivity contribution in [1.29, 1.82) is 0 Å². The predicted octanol–water partition coefficient (Wildman–Crippen LogP) is 2.09. The molecule has 0 aliphatic carbocycles. The van der Waals surface area contributed by atoms with Gasteiger partial charge in [-0.15, -0.1) is 0 Å². The normalized spacial score (nSPS) is 17.8. The third-order valence-electron chi connectivity index (χ3n) is 3.87. The maximum absolute atomic E-state index is 12.1. The Morgan fingerprint density at radius 2 is 2.05 bits per heavy atom. The quantitative estimate of drug-likeness (QED) is 0.871. The Hall–Kier alpha value is -2.04. The van der Waals surface area contributed by atoms with Gasteiger partial charge >= 0.3 is 5.97 Å². The number of hydrogen-bond acceptors (Lipinski definition) is 3. The average molecular weight is 291 g/mol. The molecule has 0 spiro atoms. The molecular formula is C16H21NO4. The van der Waals surface area contributed by atoms with E-state index in [2.05, 4.69) is 0 Å². The average Bonchev–Trinajstić information content (AvgIpc) is 2.97. The summed E-state index contributed by atoms with van der Waals surface area (Å²) in [7, 11) is 1.63. The number of carbonyl (C=O) groups is 2. The van der Waals surface area contributed by atoms with Crippen molar-refractivity contribution in [3.63, 3.8) is 0 Å². The Bertz CT molecular complexity index is 498. The van der Waals surface area contributed by atoms with Crippen LogP contribution in [0.2, 0.25) is 0 Å². The summed E-state index contributed by atoms with van der Waals surface area (Å²) in [5.41, 5.74) is 1.15. The number of carbonyl (C=O) groups excluding carboxylic acids is 1. The standard InChI is InChI=1S/C16H21NO4/c1-21-13-9-7-12(8-10-13)4-2-6-15(18)17-11-3-5-14(17)16(19)20/h7-10,14H,2-6,11H2,1H3,(H,19,20). The van der Waals surface area contributed by atoms with E-state index in [1.807, 2.05) is 24.3 Å². The van der Waals surface area contributed by atoms with Crippen LogP contribution in [0.3, 0.4) is 0 Å². The van der Waals surface area contributed by atoms with Gasteiger partial charge in [0.15, 0.2) is 0 Å². The number of likely N-dealkylation sites (tertiary alicyclic amines) is 1. The van der Waals surface area contributed by atoms with Gasteiger partial charge in [-0.2, -0.15) is 0 Å². The largest absolute Gasteiger partial charge is 0.497 e. The molecule has 114 valence electrons. The van der Waals surface area contributed by atoms with E-state index in [0.717, 1.165) is 30.6 Å². The second-order valence-electron chi connectivity index (χ2n) is 5.29. The second-order valence-corrected chi connectivity index (χ2v) is 5.29. The molecule has 21 heavy (non-hydrogen) atoms. The van der Waals surface area contributed by atoms with Gasteiger partial charge in [0, 0.05) is 13.0 Å². The van der Waals surface area contributed by atoms with Gasteiger partial charge in [0.25, 0.3) is 0 Å². The molecule has 1 unspecified atom stereocenters. The lowest BCUT2D eigenvalue weighted by molar-refractivity contribution is -0.148. The summed E-state index contributed by atoms with van der Waals surface area (Å²) >= 11 is 0. The van der Waals surface area contributed by atoms with Gasteiger partial charge in [0.2, 0.25) is 5.91 Å².